The van der Waals surface area contributed by atoms with Gasteiger partial charge in [-0.2, -0.15) is 0 Å². The predicted molar refractivity (Wildman–Crippen MR) is 82.1 cm³/mol. The van der Waals surface area contributed by atoms with Crippen LogP contribution < -0.4 is 15.8 Å². The van der Waals surface area contributed by atoms with Crippen LogP contribution in [0.4, 0.5) is 24.8 Å². The highest BCUT2D eigenvalue weighted by molar-refractivity contribution is 5.94. The third kappa shape index (κ3) is 4.15. The molecule has 1 aliphatic carbocycles. The molecule has 0 saturated heterocycles. The molecule has 1 saturated carbocycles. The second kappa shape index (κ2) is 6.03. The number of amides is 1. The third-order valence-corrected chi connectivity index (χ3v) is 3.47. The summed E-state index contributed by atoms with van der Waals surface area (Å²) >= 11 is 0. The maximum atomic E-state index is 12.2. The average molecular weight is 337 g/mol. The predicted octanol–water partition coefficient (Wildman–Crippen LogP) is 3.58. The molecule has 1 amide bonds. The van der Waals surface area contributed by atoms with E-state index in [2.05, 4.69) is 15.0 Å². The Hall–Kier alpha value is -2.77. The fourth-order valence-corrected chi connectivity index (χ4v) is 2.21. The van der Waals surface area contributed by atoms with E-state index in [1.165, 1.54) is 24.3 Å². The number of nitrogens with zero attached hydrogens (tertiary/aromatic N) is 1. The fourth-order valence-electron chi connectivity index (χ4n) is 2.21. The van der Waals surface area contributed by atoms with Crippen molar-refractivity contribution in [3.8, 4) is 16.9 Å². The van der Waals surface area contributed by atoms with Crippen LogP contribution in [0.15, 0.2) is 36.4 Å². The molecular formula is C16H14F3N3O2. The molecule has 24 heavy (non-hydrogen) atoms. The van der Waals surface area contributed by atoms with Crippen molar-refractivity contribution < 1.29 is 22.7 Å². The highest BCUT2D eigenvalue weighted by atomic mass is 19.4. The lowest BCUT2D eigenvalue weighted by molar-refractivity contribution is -0.274. The van der Waals surface area contributed by atoms with E-state index in [1.54, 1.807) is 12.1 Å². The molecule has 1 fully saturated rings. The molecule has 8 heteroatoms. The van der Waals surface area contributed by atoms with Crippen LogP contribution in [0.1, 0.15) is 12.8 Å². The largest absolute Gasteiger partial charge is 0.573 e. The number of aromatic nitrogens is 1. The fraction of sp³-hybridized carbons (Fsp3) is 0.250. The van der Waals surface area contributed by atoms with Gasteiger partial charge in [0.15, 0.2) is 0 Å². The van der Waals surface area contributed by atoms with Crippen LogP contribution in [0.5, 0.6) is 5.75 Å². The minimum absolute atomic E-state index is 0.0236. The Morgan fingerprint density at radius 1 is 1.17 bits per heavy atom. The highest BCUT2D eigenvalue weighted by Crippen LogP contribution is 2.31. The molecule has 0 bridgehead atoms. The minimum atomic E-state index is -4.73. The Labute approximate surface area is 135 Å². The maximum Gasteiger partial charge on any atom is 0.573 e. The molecule has 1 aromatic carbocycles. The summed E-state index contributed by atoms with van der Waals surface area (Å²) < 4.78 is 40.4. The number of carbonyl (C=O) groups excluding carboxylic acids is 1. The average Bonchev–Trinajstić information content (AvgIpc) is 3.30. The van der Waals surface area contributed by atoms with E-state index in [4.69, 9.17) is 5.73 Å². The van der Waals surface area contributed by atoms with E-state index in [1.807, 2.05) is 0 Å². The molecule has 2 aromatic rings. The number of nitrogen functional groups attached to an aromatic ring is 1. The topological polar surface area (TPSA) is 77.2 Å². The summed E-state index contributed by atoms with van der Waals surface area (Å²) in [6.45, 7) is 0. The summed E-state index contributed by atoms with van der Waals surface area (Å²) in [6.07, 6.45) is -3.01. The summed E-state index contributed by atoms with van der Waals surface area (Å²) in [5.41, 5.74) is 7.00. The molecule has 1 aliphatic rings. The molecule has 0 aliphatic heterocycles. The Morgan fingerprint density at radius 3 is 2.42 bits per heavy atom. The van der Waals surface area contributed by atoms with Gasteiger partial charge in [0.25, 0.3) is 0 Å². The quantitative estimate of drug-likeness (QED) is 0.894. The van der Waals surface area contributed by atoms with Crippen molar-refractivity contribution in [1.29, 1.82) is 0 Å². The van der Waals surface area contributed by atoms with Gasteiger partial charge in [0.2, 0.25) is 5.91 Å². The lowest BCUT2D eigenvalue weighted by Gasteiger charge is -2.10. The molecule has 0 spiro atoms. The maximum absolute atomic E-state index is 12.2. The van der Waals surface area contributed by atoms with E-state index in [0.29, 0.717) is 16.9 Å². The Kier molecular flexibility index (Phi) is 4.04. The number of hydrogen-bond acceptors (Lipinski definition) is 4. The Balaban J connectivity index is 1.80. The van der Waals surface area contributed by atoms with Crippen molar-refractivity contribution in [2.75, 3.05) is 11.1 Å². The molecule has 0 atom stereocenters. The van der Waals surface area contributed by atoms with Crippen LogP contribution in [0, 0.1) is 5.92 Å². The van der Waals surface area contributed by atoms with E-state index >= 15 is 0 Å². The van der Waals surface area contributed by atoms with Gasteiger partial charge in [-0.15, -0.1) is 13.2 Å². The normalized spacial score (nSPS) is 14.3. The zero-order valence-corrected chi connectivity index (χ0v) is 12.4. The number of hydrogen-bond donors (Lipinski definition) is 2. The van der Waals surface area contributed by atoms with Crippen LogP contribution >= 0.6 is 0 Å². The Bertz CT molecular complexity index is 756. The lowest BCUT2D eigenvalue weighted by atomic mass is 10.1. The van der Waals surface area contributed by atoms with Crippen molar-refractivity contribution in [2.45, 2.75) is 19.2 Å². The highest BCUT2D eigenvalue weighted by Gasteiger charge is 2.31. The standard InChI is InChI=1S/C16H14F3N3O2/c17-16(18,19)24-12-5-3-9(4-6-12)11-7-13(20)21-14(8-11)22-15(23)10-1-2-10/h3-8,10H,1-2H2,(H3,20,21,22,23). The number of carbonyl (C=O) groups is 1. The number of pyridine rings is 1. The van der Waals surface area contributed by atoms with Gasteiger partial charge >= 0.3 is 6.36 Å². The molecule has 0 radical (unpaired) electrons. The van der Waals surface area contributed by atoms with Gasteiger partial charge in [-0.05, 0) is 48.2 Å². The Morgan fingerprint density at radius 2 is 1.83 bits per heavy atom. The molecule has 0 unspecified atom stereocenters. The number of anilines is 2. The number of ether oxygens (including phenoxy) is 1. The van der Waals surface area contributed by atoms with Crippen LogP contribution in [-0.2, 0) is 4.79 Å². The number of alkyl halides is 3. The minimum Gasteiger partial charge on any atom is -0.406 e. The molecule has 5 nitrogen and oxygen atoms in total. The zero-order chi connectivity index (χ0) is 17.3. The van der Waals surface area contributed by atoms with E-state index in [9.17, 15) is 18.0 Å². The SMILES string of the molecule is Nc1cc(-c2ccc(OC(F)(F)F)cc2)cc(NC(=O)C2CC2)n1. The van der Waals surface area contributed by atoms with Crippen LogP contribution in [0.3, 0.4) is 0 Å². The van der Waals surface area contributed by atoms with E-state index < -0.39 is 6.36 Å². The van der Waals surface area contributed by atoms with Gasteiger partial charge < -0.3 is 15.8 Å². The molecule has 1 heterocycles. The summed E-state index contributed by atoms with van der Waals surface area (Å²) in [7, 11) is 0. The molecule has 3 N–H and O–H groups in total. The summed E-state index contributed by atoms with van der Waals surface area (Å²) in [5, 5.41) is 2.69. The molecule has 3 rings (SSSR count). The van der Waals surface area contributed by atoms with Crippen molar-refractivity contribution in [3.63, 3.8) is 0 Å². The van der Waals surface area contributed by atoms with Gasteiger partial charge in [0.1, 0.15) is 17.4 Å². The second-order valence-electron chi connectivity index (χ2n) is 5.50. The van der Waals surface area contributed by atoms with Gasteiger partial charge in [-0.3, -0.25) is 4.79 Å². The van der Waals surface area contributed by atoms with Crippen molar-refractivity contribution >= 4 is 17.5 Å². The monoisotopic (exact) mass is 337 g/mol. The number of rotatable bonds is 4. The van der Waals surface area contributed by atoms with Gasteiger partial charge in [-0.25, -0.2) is 4.98 Å². The third-order valence-electron chi connectivity index (χ3n) is 3.47. The van der Waals surface area contributed by atoms with Gasteiger partial charge in [0, 0.05) is 5.92 Å². The zero-order valence-electron chi connectivity index (χ0n) is 12.4. The molecule has 1 aromatic heterocycles. The van der Waals surface area contributed by atoms with E-state index in [-0.39, 0.29) is 23.4 Å². The first-order chi connectivity index (χ1) is 11.3. The first kappa shape index (κ1) is 16.1. The van der Waals surface area contributed by atoms with Crippen LogP contribution in [0.2, 0.25) is 0 Å². The van der Waals surface area contributed by atoms with Gasteiger partial charge in [0.05, 0.1) is 0 Å². The van der Waals surface area contributed by atoms with Crippen LogP contribution in [0.25, 0.3) is 11.1 Å². The molecule has 126 valence electrons. The number of halogens is 3. The van der Waals surface area contributed by atoms with Crippen LogP contribution in [-0.4, -0.2) is 17.3 Å². The first-order valence-corrected chi connectivity index (χ1v) is 7.25. The first-order valence-electron chi connectivity index (χ1n) is 7.25. The smallest absolute Gasteiger partial charge is 0.406 e. The summed E-state index contributed by atoms with van der Waals surface area (Å²) in [6, 6.07) is 8.57. The summed E-state index contributed by atoms with van der Waals surface area (Å²) in [4.78, 5) is 15.8. The number of nitrogens with one attached hydrogen (secondary N) is 1. The van der Waals surface area contributed by atoms with Crippen molar-refractivity contribution in [3.05, 3.63) is 36.4 Å². The second-order valence-corrected chi connectivity index (χ2v) is 5.50. The van der Waals surface area contributed by atoms with Crippen molar-refractivity contribution in [2.24, 2.45) is 5.92 Å². The van der Waals surface area contributed by atoms with Crippen molar-refractivity contribution in [1.82, 2.24) is 4.98 Å². The summed E-state index contributed by atoms with van der Waals surface area (Å²) in [5.74, 6) is 0.130. The lowest BCUT2D eigenvalue weighted by Crippen LogP contribution is -2.16. The number of nitrogens with two attached hydrogens (primary N) is 1. The van der Waals surface area contributed by atoms with Gasteiger partial charge in [-0.1, -0.05) is 12.1 Å². The molecular weight excluding hydrogens is 323 g/mol. The van der Waals surface area contributed by atoms with E-state index in [0.717, 1.165) is 12.8 Å². The number of benzene rings is 1.